The van der Waals surface area contributed by atoms with Gasteiger partial charge in [-0.25, -0.2) is 4.98 Å². The molecule has 0 radical (unpaired) electrons. The molecule has 0 bridgehead atoms. The van der Waals surface area contributed by atoms with E-state index in [4.69, 9.17) is 9.72 Å². The summed E-state index contributed by atoms with van der Waals surface area (Å²) in [7, 11) is 1.74. The van der Waals surface area contributed by atoms with Crippen LogP contribution in [0.1, 0.15) is 105 Å². The van der Waals surface area contributed by atoms with E-state index >= 15 is 0 Å². The van der Waals surface area contributed by atoms with Gasteiger partial charge in [0.05, 0.1) is 41.1 Å². The zero-order valence-electron chi connectivity index (χ0n) is 37.7. The first-order valence-corrected chi connectivity index (χ1v) is 24.5. The fourth-order valence-corrected chi connectivity index (χ4v) is 10.6. The summed E-state index contributed by atoms with van der Waals surface area (Å²) in [5.41, 5.74) is 3.57. The molecule has 64 heavy (non-hydrogen) atoms. The van der Waals surface area contributed by atoms with Crippen LogP contribution in [-0.4, -0.2) is 117 Å². The number of nitrogens with zero attached hydrogens (tertiary/aromatic N) is 3. The summed E-state index contributed by atoms with van der Waals surface area (Å²) < 4.78 is 6.51. The summed E-state index contributed by atoms with van der Waals surface area (Å²) in [6, 6.07) is 24.4. The van der Waals surface area contributed by atoms with Crippen LogP contribution in [0.15, 0.2) is 78.9 Å². The van der Waals surface area contributed by atoms with E-state index in [0.717, 1.165) is 110 Å². The lowest BCUT2D eigenvalue weighted by Crippen LogP contribution is -2.59. The van der Waals surface area contributed by atoms with Crippen LogP contribution in [0.25, 0.3) is 10.2 Å². The molecule has 1 aromatic heterocycles. The number of likely N-dealkylation sites (N-methyl/N-ethyl adjacent to an activating group) is 1. The number of anilines is 1. The number of hydrogen-bond donors (Lipinski definition) is 5. The third kappa shape index (κ3) is 12.3. The van der Waals surface area contributed by atoms with E-state index in [1.165, 1.54) is 0 Å². The highest BCUT2D eigenvalue weighted by Gasteiger charge is 2.42. The van der Waals surface area contributed by atoms with Gasteiger partial charge in [-0.1, -0.05) is 110 Å². The number of para-hydroxylation sites is 1. The van der Waals surface area contributed by atoms with E-state index in [1.54, 1.807) is 30.2 Å². The van der Waals surface area contributed by atoms with Gasteiger partial charge in [-0.05, 0) is 88.2 Å². The molecule has 14 heteroatoms. The number of morpholine rings is 1. The van der Waals surface area contributed by atoms with Crippen molar-refractivity contribution in [2.45, 2.75) is 108 Å². The minimum Gasteiger partial charge on any atom is -0.378 e. The molecule has 3 aliphatic rings. The Morgan fingerprint density at radius 2 is 1.47 bits per heavy atom. The molecule has 4 amide bonds. The molecule has 1 saturated carbocycles. The highest BCUT2D eigenvalue weighted by molar-refractivity contribution is 7.22. The van der Waals surface area contributed by atoms with Crippen LogP contribution in [0.2, 0.25) is 0 Å². The maximum atomic E-state index is 14.5. The van der Waals surface area contributed by atoms with Gasteiger partial charge in [-0.15, -0.1) is 0 Å². The van der Waals surface area contributed by atoms with Crippen molar-refractivity contribution in [1.29, 1.82) is 0 Å². The molecule has 344 valence electrons. The number of carbonyl (C=O) groups excluding carboxylic acids is 4. The van der Waals surface area contributed by atoms with Crippen LogP contribution in [0.4, 0.5) is 5.13 Å². The van der Waals surface area contributed by atoms with Crippen molar-refractivity contribution in [3.05, 3.63) is 95.6 Å². The van der Waals surface area contributed by atoms with E-state index < -0.39 is 18.1 Å². The first-order chi connectivity index (χ1) is 31.3. The minimum atomic E-state index is -0.653. The molecule has 13 nitrogen and oxygen atoms in total. The second-order valence-corrected chi connectivity index (χ2v) is 18.6. The molecule has 4 atom stereocenters. The number of nitrogens with one attached hydrogen (secondary N) is 5. The number of aromatic nitrogens is 1. The lowest BCUT2D eigenvalue weighted by molar-refractivity contribution is -0.143. The van der Waals surface area contributed by atoms with E-state index in [-0.39, 0.29) is 41.5 Å². The molecule has 4 unspecified atom stereocenters. The van der Waals surface area contributed by atoms with Crippen LogP contribution in [0.3, 0.4) is 0 Å². The van der Waals surface area contributed by atoms with E-state index in [1.807, 2.05) is 54.6 Å². The molecular weight excluding hydrogens is 825 g/mol. The van der Waals surface area contributed by atoms with Gasteiger partial charge in [0.1, 0.15) is 12.1 Å². The SMILES string of the molecule is CNC(C)C(=O)NC(C(=O)N1CCCC1C(=O)NC(CNCCCCCCNC(=O)c1cccc2sc(N3CCOCC3)nc12)C(c1ccccc1)c1ccccc1)C1CCCCC1. The average molecular weight is 893 g/mol. The largest absolute Gasteiger partial charge is 0.378 e. The molecule has 2 aliphatic heterocycles. The monoisotopic (exact) mass is 893 g/mol. The highest BCUT2D eigenvalue weighted by Crippen LogP contribution is 2.33. The summed E-state index contributed by atoms with van der Waals surface area (Å²) in [6.45, 7) is 7.17. The smallest absolute Gasteiger partial charge is 0.253 e. The Morgan fingerprint density at radius 3 is 2.16 bits per heavy atom. The van der Waals surface area contributed by atoms with Crippen molar-refractivity contribution in [2.24, 2.45) is 5.92 Å². The predicted octanol–water partition coefficient (Wildman–Crippen LogP) is 5.99. The molecule has 0 spiro atoms. The third-order valence-electron chi connectivity index (χ3n) is 13.3. The Balaban J connectivity index is 0.949. The van der Waals surface area contributed by atoms with Gasteiger partial charge in [0.15, 0.2) is 5.13 Å². The number of fused-ring (bicyclic) bond motifs is 1. The van der Waals surface area contributed by atoms with Gasteiger partial charge in [-0.2, -0.15) is 0 Å². The topological polar surface area (TPSA) is 157 Å². The van der Waals surface area contributed by atoms with Gasteiger partial charge in [0, 0.05) is 38.6 Å². The standard InChI is InChI=1S/C50H68N8O5S/c1-35(51-2)46(59)55-44(38-22-12-7-13-23-38)49(62)58-29-17-25-41(58)48(61)54-40(43(36-18-8-5-9-19-36)37-20-10-6-11-21-37)34-52-27-14-3-4-15-28-53-47(60)39-24-16-26-42-45(39)56-50(64-42)57-30-32-63-33-31-57/h5-6,8-11,16,18-21,24,26,35,38,40-41,43-44,51-52H,3-4,7,12-15,17,22-23,25,27-34H2,1-2H3,(H,53,60)(H,54,61)(H,55,59). The molecule has 4 aromatic rings. The maximum Gasteiger partial charge on any atom is 0.253 e. The number of unbranched alkanes of at least 4 members (excludes halogenated alkanes) is 3. The minimum absolute atomic E-state index is 0.0499. The number of likely N-dealkylation sites (tertiary alicyclic amines) is 1. The number of benzene rings is 3. The van der Waals surface area contributed by atoms with Gasteiger partial charge in [0.25, 0.3) is 5.91 Å². The third-order valence-corrected chi connectivity index (χ3v) is 14.3. The maximum absolute atomic E-state index is 14.5. The molecule has 2 saturated heterocycles. The lowest BCUT2D eigenvalue weighted by atomic mass is 9.83. The van der Waals surface area contributed by atoms with E-state index in [9.17, 15) is 19.2 Å². The summed E-state index contributed by atoms with van der Waals surface area (Å²) in [6.07, 6.45) is 10.1. The number of ether oxygens (including phenoxy) is 1. The zero-order chi connectivity index (χ0) is 44.7. The normalized spacial score (nSPS) is 18.5. The summed E-state index contributed by atoms with van der Waals surface area (Å²) in [5.74, 6) is -0.673. The van der Waals surface area contributed by atoms with Crippen LogP contribution in [-0.2, 0) is 19.1 Å². The van der Waals surface area contributed by atoms with Crippen molar-refractivity contribution in [3.8, 4) is 0 Å². The summed E-state index contributed by atoms with van der Waals surface area (Å²) in [4.78, 5) is 64.3. The van der Waals surface area contributed by atoms with Gasteiger partial charge >= 0.3 is 0 Å². The predicted molar refractivity (Wildman–Crippen MR) is 255 cm³/mol. The fourth-order valence-electron chi connectivity index (χ4n) is 9.54. The van der Waals surface area contributed by atoms with Crippen molar-refractivity contribution >= 4 is 50.3 Å². The molecule has 3 aromatic carbocycles. The van der Waals surface area contributed by atoms with E-state index in [0.29, 0.717) is 44.8 Å². The van der Waals surface area contributed by atoms with Gasteiger partial charge in [-0.3, -0.25) is 19.2 Å². The number of hydrogen-bond acceptors (Lipinski definition) is 10. The Labute approximate surface area is 382 Å². The van der Waals surface area contributed by atoms with Crippen LogP contribution < -0.4 is 31.5 Å². The van der Waals surface area contributed by atoms with Gasteiger partial charge in [0.2, 0.25) is 17.7 Å². The Kier molecular flexibility index (Phi) is 17.6. The number of rotatable bonds is 21. The fraction of sp³-hybridized carbons (Fsp3) is 0.540. The lowest BCUT2D eigenvalue weighted by Gasteiger charge is -2.36. The molecule has 7 rings (SSSR count). The second kappa shape index (κ2) is 23.9. The highest BCUT2D eigenvalue weighted by atomic mass is 32.1. The number of carbonyl (C=O) groups is 4. The van der Waals surface area contributed by atoms with Gasteiger partial charge < -0.3 is 41.1 Å². The molecule has 1 aliphatic carbocycles. The van der Waals surface area contributed by atoms with Crippen LogP contribution in [0, 0.1) is 5.92 Å². The molecule has 3 heterocycles. The first-order valence-electron chi connectivity index (χ1n) is 23.7. The van der Waals surface area contributed by atoms with Crippen LogP contribution >= 0.6 is 11.3 Å². The molecule has 5 N–H and O–H groups in total. The molecular formula is C50H68N8O5S. The zero-order valence-corrected chi connectivity index (χ0v) is 38.5. The van der Waals surface area contributed by atoms with Crippen molar-refractivity contribution in [3.63, 3.8) is 0 Å². The van der Waals surface area contributed by atoms with Crippen molar-refractivity contribution < 1.29 is 23.9 Å². The Hall–Kier alpha value is -4.89. The number of amides is 4. The number of thiazole rings is 1. The van der Waals surface area contributed by atoms with Crippen molar-refractivity contribution in [1.82, 2.24) is 36.5 Å². The second-order valence-electron chi connectivity index (χ2n) is 17.6. The molecule has 3 fully saturated rings. The van der Waals surface area contributed by atoms with E-state index in [2.05, 4.69) is 55.7 Å². The summed E-state index contributed by atoms with van der Waals surface area (Å²) >= 11 is 1.62. The Bertz CT molecular complexity index is 2070. The van der Waals surface area contributed by atoms with Crippen molar-refractivity contribution in [2.75, 3.05) is 64.4 Å². The first kappa shape index (κ1) is 47.1. The van der Waals surface area contributed by atoms with Crippen LogP contribution in [0.5, 0.6) is 0 Å². The quantitative estimate of drug-likeness (QED) is 0.0635. The summed E-state index contributed by atoms with van der Waals surface area (Å²) in [5, 5.41) is 17.3. The Morgan fingerprint density at radius 1 is 0.781 bits per heavy atom. The average Bonchev–Trinajstić information content (AvgIpc) is 4.02.